The van der Waals surface area contributed by atoms with Crippen LogP contribution < -0.4 is 15.7 Å². The monoisotopic (exact) mass is 323 g/mol. The molecule has 0 aliphatic rings. The summed E-state index contributed by atoms with van der Waals surface area (Å²) in [6, 6.07) is 9.83. The third-order valence-corrected chi connectivity index (χ3v) is 3.27. The van der Waals surface area contributed by atoms with Crippen LogP contribution in [0.5, 0.6) is 0 Å². The zero-order valence-electron chi connectivity index (χ0n) is 10.5. The maximum Gasteiger partial charge on any atom is 0.323 e. The largest absolute Gasteiger partial charge is 0.545 e. The summed E-state index contributed by atoms with van der Waals surface area (Å²) in [7, 11) is 0. The lowest BCUT2D eigenvalue weighted by Gasteiger charge is -2.10. The first-order chi connectivity index (χ1) is 9.95. The van der Waals surface area contributed by atoms with Crippen molar-refractivity contribution in [3.63, 3.8) is 0 Å². The van der Waals surface area contributed by atoms with Gasteiger partial charge in [0.05, 0.1) is 16.0 Å². The van der Waals surface area contributed by atoms with Crippen LogP contribution in [0.2, 0.25) is 10.0 Å². The van der Waals surface area contributed by atoms with E-state index in [-0.39, 0.29) is 5.56 Å². The van der Waals surface area contributed by atoms with E-state index in [9.17, 15) is 14.7 Å². The molecule has 0 unspecified atom stereocenters. The van der Waals surface area contributed by atoms with Crippen molar-refractivity contribution in [1.82, 2.24) is 0 Å². The third-order valence-electron chi connectivity index (χ3n) is 2.53. The highest BCUT2D eigenvalue weighted by Crippen LogP contribution is 2.25. The molecule has 21 heavy (non-hydrogen) atoms. The number of anilines is 2. The number of carboxylic acid groups (broad SMARTS) is 1. The summed E-state index contributed by atoms with van der Waals surface area (Å²) in [6.07, 6.45) is 0. The van der Waals surface area contributed by atoms with Gasteiger partial charge < -0.3 is 20.5 Å². The average molecular weight is 324 g/mol. The zero-order valence-corrected chi connectivity index (χ0v) is 12.0. The van der Waals surface area contributed by atoms with Crippen molar-refractivity contribution in [2.24, 2.45) is 0 Å². The van der Waals surface area contributed by atoms with Gasteiger partial charge in [-0.25, -0.2) is 4.79 Å². The zero-order chi connectivity index (χ0) is 15.4. The molecule has 0 spiro atoms. The smallest absolute Gasteiger partial charge is 0.323 e. The molecule has 0 atom stereocenters. The van der Waals surface area contributed by atoms with E-state index >= 15 is 0 Å². The lowest BCUT2D eigenvalue weighted by atomic mass is 10.2. The molecular weight excluding hydrogens is 315 g/mol. The standard InChI is InChI=1S/C14H10Cl2N2O3/c15-11-5-4-10(7-12(11)16)18-14(21)17-9-3-1-2-8(6-9)13(19)20/h1-7H,(H,19,20)(H2,17,18,21)/p-1. The molecule has 0 heterocycles. The van der Waals surface area contributed by atoms with Gasteiger partial charge in [-0.15, -0.1) is 0 Å². The van der Waals surface area contributed by atoms with E-state index in [1.165, 1.54) is 24.3 Å². The maximum atomic E-state index is 11.8. The van der Waals surface area contributed by atoms with E-state index in [0.717, 1.165) is 0 Å². The van der Waals surface area contributed by atoms with Crippen LogP contribution >= 0.6 is 23.2 Å². The summed E-state index contributed by atoms with van der Waals surface area (Å²) < 4.78 is 0. The van der Waals surface area contributed by atoms with Gasteiger partial charge in [0.1, 0.15) is 0 Å². The normalized spacial score (nSPS) is 10.0. The number of hydrogen-bond acceptors (Lipinski definition) is 3. The van der Waals surface area contributed by atoms with Gasteiger partial charge in [0.2, 0.25) is 0 Å². The highest BCUT2D eigenvalue weighted by molar-refractivity contribution is 6.42. The number of rotatable bonds is 3. The van der Waals surface area contributed by atoms with Crippen LogP contribution in [-0.4, -0.2) is 12.0 Å². The Morgan fingerprint density at radius 1 is 0.905 bits per heavy atom. The SMILES string of the molecule is O=C(Nc1cccc(C(=O)[O-])c1)Nc1ccc(Cl)c(Cl)c1. The van der Waals surface area contributed by atoms with E-state index in [4.69, 9.17) is 23.2 Å². The first-order valence-corrected chi connectivity index (χ1v) is 6.56. The second-order valence-electron chi connectivity index (χ2n) is 4.08. The summed E-state index contributed by atoms with van der Waals surface area (Å²) in [4.78, 5) is 22.5. The van der Waals surface area contributed by atoms with Crippen LogP contribution in [-0.2, 0) is 0 Å². The van der Waals surface area contributed by atoms with Crippen LogP contribution in [0.3, 0.4) is 0 Å². The second kappa shape index (κ2) is 6.47. The quantitative estimate of drug-likeness (QED) is 0.910. The number of carbonyl (C=O) groups is 2. The fraction of sp³-hybridized carbons (Fsp3) is 0. The van der Waals surface area contributed by atoms with E-state index in [0.29, 0.717) is 21.4 Å². The second-order valence-corrected chi connectivity index (χ2v) is 4.89. The van der Waals surface area contributed by atoms with Crippen molar-refractivity contribution in [3.8, 4) is 0 Å². The molecule has 0 aliphatic heterocycles. The van der Waals surface area contributed by atoms with Crippen molar-refractivity contribution >= 4 is 46.6 Å². The van der Waals surface area contributed by atoms with Crippen LogP contribution in [0.1, 0.15) is 10.4 Å². The van der Waals surface area contributed by atoms with E-state index < -0.39 is 12.0 Å². The topological polar surface area (TPSA) is 81.3 Å². The average Bonchev–Trinajstić information content (AvgIpc) is 2.43. The van der Waals surface area contributed by atoms with Crippen molar-refractivity contribution in [3.05, 3.63) is 58.1 Å². The van der Waals surface area contributed by atoms with Gasteiger partial charge in [-0.3, -0.25) is 0 Å². The number of aromatic carboxylic acids is 1. The van der Waals surface area contributed by atoms with Crippen LogP contribution in [0.4, 0.5) is 16.2 Å². The van der Waals surface area contributed by atoms with Crippen molar-refractivity contribution in [2.75, 3.05) is 10.6 Å². The van der Waals surface area contributed by atoms with Gasteiger partial charge in [-0.2, -0.15) is 0 Å². The molecular formula is C14H9Cl2N2O3-. The molecule has 0 saturated heterocycles. The molecule has 7 heteroatoms. The Kier molecular flexibility index (Phi) is 4.67. The molecule has 2 aromatic rings. The first kappa shape index (κ1) is 15.2. The Balaban J connectivity index is 2.06. The lowest BCUT2D eigenvalue weighted by molar-refractivity contribution is -0.255. The van der Waals surface area contributed by atoms with Crippen LogP contribution in [0, 0.1) is 0 Å². The number of amides is 2. The molecule has 5 nitrogen and oxygen atoms in total. The lowest BCUT2D eigenvalue weighted by Crippen LogP contribution is -2.23. The highest BCUT2D eigenvalue weighted by atomic mass is 35.5. The van der Waals surface area contributed by atoms with Gasteiger partial charge in [-0.05, 0) is 35.9 Å². The van der Waals surface area contributed by atoms with Crippen LogP contribution in [0.25, 0.3) is 0 Å². The summed E-state index contributed by atoms with van der Waals surface area (Å²) in [5, 5.41) is 16.5. The molecule has 0 aliphatic carbocycles. The molecule has 0 aromatic heterocycles. The minimum atomic E-state index is -1.32. The van der Waals surface area contributed by atoms with E-state index in [1.54, 1.807) is 18.2 Å². The Morgan fingerprint density at radius 2 is 1.57 bits per heavy atom. The van der Waals surface area contributed by atoms with Gasteiger partial charge in [0.25, 0.3) is 0 Å². The van der Waals surface area contributed by atoms with Gasteiger partial charge in [-0.1, -0.05) is 35.3 Å². The summed E-state index contributed by atoms with van der Waals surface area (Å²) in [5.74, 6) is -1.32. The fourth-order valence-corrected chi connectivity index (χ4v) is 1.89. The minimum Gasteiger partial charge on any atom is -0.545 e. The number of carboxylic acids is 1. The predicted molar refractivity (Wildman–Crippen MR) is 79.9 cm³/mol. The Hall–Kier alpha value is -2.24. The number of nitrogens with one attached hydrogen (secondary N) is 2. The Morgan fingerprint density at radius 3 is 2.19 bits per heavy atom. The fourth-order valence-electron chi connectivity index (χ4n) is 1.59. The molecule has 0 bridgehead atoms. The van der Waals surface area contributed by atoms with Crippen molar-refractivity contribution < 1.29 is 14.7 Å². The number of benzene rings is 2. The number of urea groups is 1. The first-order valence-electron chi connectivity index (χ1n) is 5.80. The molecule has 0 saturated carbocycles. The van der Waals surface area contributed by atoms with Gasteiger partial charge in [0, 0.05) is 11.4 Å². The number of halogens is 2. The van der Waals surface area contributed by atoms with Crippen molar-refractivity contribution in [2.45, 2.75) is 0 Å². The molecule has 108 valence electrons. The summed E-state index contributed by atoms with van der Waals surface area (Å²) >= 11 is 11.6. The van der Waals surface area contributed by atoms with Crippen LogP contribution in [0.15, 0.2) is 42.5 Å². The minimum absolute atomic E-state index is 0.0256. The van der Waals surface area contributed by atoms with E-state index in [1.807, 2.05) is 0 Å². The summed E-state index contributed by atoms with van der Waals surface area (Å²) in [5.41, 5.74) is 0.759. The molecule has 2 rings (SSSR count). The number of carbonyl (C=O) groups excluding carboxylic acids is 2. The van der Waals surface area contributed by atoms with Gasteiger partial charge in [0.15, 0.2) is 0 Å². The highest BCUT2D eigenvalue weighted by Gasteiger charge is 2.05. The van der Waals surface area contributed by atoms with Crippen molar-refractivity contribution in [1.29, 1.82) is 0 Å². The molecule has 2 aromatic carbocycles. The number of hydrogen-bond donors (Lipinski definition) is 2. The summed E-state index contributed by atoms with van der Waals surface area (Å²) in [6.45, 7) is 0. The molecule has 0 radical (unpaired) electrons. The molecule has 2 N–H and O–H groups in total. The predicted octanol–water partition coefficient (Wildman–Crippen LogP) is 3.00. The van der Waals surface area contributed by atoms with Gasteiger partial charge >= 0.3 is 6.03 Å². The third kappa shape index (κ3) is 4.11. The maximum absolute atomic E-state index is 11.8. The Labute approximate surface area is 130 Å². The molecule has 2 amide bonds. The Bertz CT molecular complexity index is 704. The molecule has 0 fully saturated rings. The van der Waals surface area contributed by atoms with E-state index in [2.05, 4.69) is 10.6 Å².